The lowest BCUT2D eigenvalue weighted by atomic mass is 9.82. The van der Waals surface area contributed by atoms with E-state index >= 15 is 0 Å². The van der Waals surface area contributed by atoms with Gasteiger partial charge in [-0.05, 0) is 38.1 Å². The molecule has 3 aliphatic rings. The molecular weight excluding hydrogens is 408 g/mol. The van der Waals surface area contributed by atoms with Crippen molar-refractivity contribution in [2.24, 2.45) is 11.8 Å². The standard InChI is InChI=1S/C22H28O9/c1-4-26-16-10-15-17(21(29-16)27-5-2)22(11-28-12(3)23)19(31-22)18(15)30-20(25)13-6-8-14(24)9-7-13/h6-9,15-19,21,24H,4-5,10-11H2,1-3H3/t15-,16+,17-,18+,19+,21+,22-/m1/s1. The fraction of sp³-hybridized carbons (Fsp3) is 0.636. The first-order valence-corrected chi connectivity index (χ1v) is 10.6. The van der Waals surface area contributed by atoms with Crippen molar-refractivity contribution in [2.45, 2.75) is 57.6 Å². The van der Waals surface area contributed by atoms with E-state index in [-0.39, 0.29) is 24.2 Å². The monoisotopic (exact) mass is 436 g/mol. The van der Waals surface area contributed by atoms with Crippen LogP contribution in [0, 0.1) is 11.8 Å². The predicted molar refractivity (Wildman–Crippen MR) is 105 cm³/mol. The molecule has 3 fully saturated rings. The minimum atomic E-state index is -0.826. The van der Waals surface area contributed by atoms with Gasteiger partial charge < -0.3 is 33.5 Å². The molecule has 0 bridgehead atoms. The van der Waals surface area contributed by atoms with Gasteiger partial charge >= 0.3 is 11.9 Å². The number of fused-ring (bicyclic) bond motifs is 3. The number of rotatable bonds is 8. The SMILES string of the molecule is CCO[C@@H]1C[C@H]2[C@H](OC(=O)c3ccc(O)cc3)[C@@H]3O[C@]3(COC(C)=O)[C@H]2[C@@H](OCC)O1. The third kappa shape index (κ3) is 4.15. The number of phenolic OH excluding ortho intramolecular Hbond substituents is 1. The zero-order valence-corrected chi connectivity index (χ0v) is 17.8. The summed E-state index contributed by atoms with van der Waals surface area (Å²) in [6.07, 6.45) is -1.65. The molecule has 2 heterocycles. The molecule has 2 aliphatic heterocycles. The molecule has 2 saturated heterocycles. The highest BCUT2D eigenvalue weighted by molar-refractivity contribution is 5.89. The van der Waals surface area contributed by atoms with Crippen molar-refractivity contribution in [1.29, 1.82) is 0 Å². The molecule has 1 saturated carbocycles. The summed E-state index contributed by atoms with van der Waals surface area (Å²) < 4.78 is 34.8. The van der Waals surface area contributed by atoms with Gasteiger partial charge in [0.2, 0.25) is 0 Å². The molecule has 31 heavy (non-hydrogen) atoms. The Kier molecular flexibility index (Phi) is 6.20. The molecule has 170 valence electrons. The number of benzene rings is 1. The van der Waals surface area contributed by atoms with Crippen LogP contribution in [0.2, 0.25) is 0 Å². The summed E-state index contributed by atoms with van der Waals surface area (Å²) in [6, 6.07) is 5.86. The summed E-state index contributed by atoms with van der Waals surface area (Å²) in [4.78, 5) is 24.3. The lowest BCUT2D eigenvalue weighted by molar-refractivity contribution is -0.310. The van der Waals surface area contributed by atoms with Crippen molar-refractivity contribution in [3.8, 4) is 5.75 Å². The molecule has 0 amide bonds. The summed E-state index contributed by atoms with van der Waals surface area (Å²) in [5, 5.41) is 9.47. The first-order chi connectivity index (χ1) is 14.9. The second kappa shape index (κ2) is 8.74. The predicted octanol–water partition coefficient (Wildman–Crippen LogP) is 2.01. The van der Waals surface area contributed by atoms with Gasteiger partial charge in [-0.15, -0.1) is 0 Å². The summed E-state index contributed by atoms with van der Waals surface area (Å²) in [6.45, 7) is 6.00. The van der Waals surface area contributed by atoms with Gasteiger partial charge in [0.05, 0.1) is 11.5 Å². The highest BCUT2D eigenvalue weighted by atomic mass is 16.8. The van der Waals surface area contributed by atoms with Crippen molar-refractivity contribution >= 4 is 11.9 Å². The Morgan fingerprint density at radius 1 is 1.16 bits per heavy atom. The molecule has 0 unspecified atom stereocenters. The third-order valence-corrected chi connectivity index (χ3v) is 6.09. The van der Waals surface area contributed by atoms with E-state index < -0.39 is 42.3 Å². The minimum Gasteiger partial charge on any atom is -0.508 e. The highest BCUT2D eigenvalue weighted by Crippen LogP contribution is 2.62. The van der Waals surface area contributed by atoms with Crippen LogP contribution in [0.3, 0.4) is 0 Å². The molecule has 1 aliphatic carbocycles. The maximum atomic E-state index is 12.8. The van der Waals surface area contributed by atoms with Crippen molar-refractivity contribution in [2.75, 3.05) is 19.8 Å². The first kappa shape index (κ1) is 22.0. The number of aromatic hydroxyl groups is 1. The molecule has 4 rings (SSSR count). The number of epoxide rings is 1. The molecule has 7 atom stereocenters. The molecule has 0 radical (unpaired) electrons. The highest BCUT2D eigenvalue weighted by Gasteiger charge is 2.78. The van der Waals surface area contributed by atoms with E-state index in [4.69, 9.17) is 28.4 Å². The average Bonchev–Trinajstić information content (AvgIpc) is 3.40. The van der Waals surface area contributed by atoms with Gasteiger partial charge in [-0.3, -0.25) is 4.79 Å². The van der Waals surface area contributed by atoms with E-state index in [1.165, 1.54) is 31.2 Å². The van der Waals surface area contributed by atoms with Gasteiger partial charge in [0, 0.05) is 32.5 Å². The number of ether oxygens (including phenoxy) is 6. The van der Waals surface area contributed by atoms with Gasteiger partial charge in [0.15, 0.2) is 12.6 Å². The van der Waals surface area contributed by atoms with Crippen LogP contribution < -0.4 is 0 Å². The zero-order valence-electron chi connectivity index (χ0n) is 17.8. The van der Waals surface area contributed by atoms with Crippen LogP contribution in [0.5, 0.6) is 5.75 Å². The maximum Gasteiger partial charge on any atom is 0.338 e. The molecular formula is C22H28O9. The Bertz CT molecular complexity index is 810. The molecule has 9 heteroatoms. The van der Waals surface area contributed by atoms with Gasteiger partial charge in [-0.2, -0.15) is 0 Å². The van der Waals surface area contributed by atoms with Crippen LogP contribution in [0.25, 0.3) is 0 Å². The first-order valence-electron chi connectivity index (χ1n) is 10.6. The molecule has 1 aromatic rings. The number of hydrogen-bond acceptors (Lipinski definition) is 9. The molecule has 9 nitrogen and oxygen atoms in total. The third-order valence-electron chi connectivity index (χ3n) is 6.09. The summed E-state index contributed by atoms with van der Waals surface area (Å²) in [7, 11) is 0. The van der Waals surface area contributed by atoms with E-state index in [9.17, 15) is 14.7 Å². The number of carbonyl (C=O) groups is 2. The van der Waals surface area contributed by atoms with E-state index in [1.807, 2.05) is 13.8 Å². The van der Waals surface area contributed by atoms with Crippen LogP contribution in [-0.4, -0.2) is 67.3 Å². The smallest absolute Gasteiger partial charge is 0.338 e. The number of esters is 2. The van der Waals surface area contributed by atoms with E-state index in [0.29, 0.717) is 25.2 Å². The topological polar surface area (TPSA) is 113 Å². The minimum absolute atomic E-state index is 0.0354. The Morgan fingerprint density at radius 2 is 1.87 bits per heavy atom. The normalized spacial score (nSPS) is 35.7. The van der Waals surface area contributed by atoms with Crippen LogP contribution in [0.4, 0.5) is 0 Å². The number of carbonyl (C=O) groups excluding carboxylic acids is 2. The van der Waals surface area contributed by atoms with Crippen LogP contribution in [0.15, 0.2) is 24.3 Å². The fourth-order valence-electron chi connectivity index (χ4n) is 4.80. The summed E-state index contributed by atoms with van der Waals surface area (Å²) >= 11 is 0. The second-order valence-corrected chi connectivity index (χ2v) is 7.96. The maximum absolute atomic E-state index is 12.8. The second-order valence-electron chi connectivity index (χ2n) is 7.96. The largest absolute Gasteiger partial charge is 0.508 e. The zero-order chi connectivity index (χ0) is 22.2. The Hall–Kier alpha value is -2.20. The van der Waals surface area contributed by atoms with Gasteiger partial charge in [-0.25, -0.2) is 4.79 Å². The quantitative estimate of drug-likeness (QED) is 0.483. The molecule has 1 N–H and O–H groups in total. The summed E-state index contributed by atoms with van der Waals surface area (Å²) in [5.41, 5.74) is -0.505. The molecule has 0 spiro atoms. The lowest BCUT2D eigenvalue weighted by Crippen LogP contribution is -2.51. The Morgan fingerprint density at radius 3 is 2.52 bits per heavy atom. The lowest BCUT2D eigenvalue weighted by Gasteiger charge is -2.42. The average molecular weight is 436 g/mol. The number of phenols is 1. The van der Waals surface area contributed by atoms with E-state index in [0.717, 1.165) is 0 Å². The number of hydrogen-bond donors (Lipinski definition) is 1. The Balaban J connectivity index is 1.59. The van der Waals surface area contributed by atoms with Crippen molar-refractivity contribution < 1.29 is 43.1 Å². The van der Waals surface area contributed by atoms with E-state index in [1.54, 1.807) is 0 Å². The molecule has 1 aromatic carbocycles. The fourth-order valence-corrected chi connectivity index (χ4v) is 4.80. The van der Waals surface area contributed by atoms with Gasteiger partial charge in [0.25, 0.3) is 0 Å². The molecule has 0 aromatic heterocycles. The van der Waals surface area contributed by atoms with Crippen molar-refractivity contribution in [3.05, 3.63) is 29.8 Å². The van der Waals surface area contributed by atoms with Gasteiger partial charge in [-0.1, -0.05) is 0 Å². The van der Waals surface area contributed by atoms with Crippen molar-refractivity contribution in [1.82, 2.24) is 0 Å². The van der Waals surface area contributed by atoms with Crippen LogP contribution in [-0.2, 0) is 33.2 Å². The van der Waals surface area contributed by atoms with Crippen LogP contribution in [0.1, 0.15) is 37.6 Å². The summed E-state index contributed by atoms with van der Waals surface area (Å²) in [5.74, 6) is -1.31. The van der Waals surface area contributed by atoms with Crippen molar-refractivity contribution in [3.63, 3.8) is 0 Å². The van der Waals surface area contributed by atoms with E-state index in [2.05, 4.69) is 0 Å². The Labute approximate surface area is 180 Å². The van der Waals surface area contributed by atoms with Gasteiger partial charge in [0.1, 0.15) is 30.2 Å². The van der Waals surface area contributed by atoms with Crippen LogP contribution >= 0.6 is 0 Å².